The van der Waals surface area contributed by atoms with Crippen molar-refractivity contribution in [3.8, 4) is 0 Å². The molecule has 0 saturated heterocycles. The van der Waals surface area contributed by atoms with Crippen molar-refractivity contribution in [3.63, 3.8) is 0 Å². The van der Waals surface area contributed by atoms with Gasteiger partial charge in [0.2, 0.25) is 0 Å². The summed E-state index contributed by atoms with van der Waals surface area (Å²) in [7, 11) is -1.88. The molecule has 1 aliphatic rings. The molecule has 3 aromatic carbocycles. The van der Waals surface area contributed by atoms with Crippen molar-refractivity contribution in [2.75, 3.05) is 0 Å². The lowest BCUT2D eigenvalue weighted by atomic mass is 9.99. The third-order valence-electron chi connectivity index (χ3n) is 5.75. The van der Waals surface area contributed by atoms with E-state index in [9.17, 15) is 0 Å². The normalized spacial score (nSPS) is 24.0. The van der Waals surface area contributed by atoms with Crippen molar-refractivity contribution >= 4 is 24.0 Å². The standard InChI is InChI=1S/C26H26Si/c1-27(24-18-10-4-11-19-24)21-13-5-12-20-25(22-14-6-2-7-15-22)26(27)23-16-8-3-9-17-23/h2-12,14-19H,13,20-21H2,1H3/b12-5-,26-25+. The highest BCUT2D eigenvalue weighted by atomic mass is 28.3. The van der Waals surface area contributed by atoms with Crippen molar-refractivity contribution in [1.82, 2.24) is 0 Å². The monoisotopic (exact) mass is 366 g/mol. The maximum absolute atomic E-state index is 2.56. The molecular weight excluding hydrogens is 340 g/mol. The molecule has 0 amide bonds. The van der Waals surface area contributed by atoms with Crippen LogP contribution in [0.15, 0.2) is 103 Å². The molecule has 3 aromatic rings. The maximum atomic E-state index is 2.56. The Morgan fingerprint density at radius 2 is 1.19 bits per heavy atom. The van der Waals surface area contributed by atoms with Crippen LogP contribution in [0, 0.1) is 0 Å². The van der Waals surface area contributed by atoms with E-state index in [1.165, 1.54) is 27.9 Å². The summed E-state index contributed by atoms with van der Waals surface area (Å²) in [6.45, 7) is 2.56. The number of hydrogen-bond donors (Lipinski definition) is 0. The zero-order chi connectivity index (χ0) is 18.5. The summed E-state index contributed by atoms with van der Waals surface area (Å²) in [6.07, 6.45) is 6.92. The van der Waals surface area contributed by atoms with Gasteiger partial charge in [0, 0.05) is 0 Å². The van der Waals surface area contributed by atoms with E-state index < -0.39 is 8.07 Å². The van der Waals surface area contributed by atoms with Crippen LogP contribution in [0.3, 0.4) is 0 Å². The Morgan fingerprint density at radius 1 is 0.630 bits per heavy atom. The van der Waals surface area contributed by atoms with Gasteiger partial charge in [-0.2, -0.15) is 0 Å². The van der Waals surface area contributed by atoms with E-state index in [1.54, 1.807) is 5.20 Å². The highest BCUT2D eigenvalue weighted by Crippen LogP contribution is 2.39. The van der Waals surface area contributed by atoms with E-state index in [0.29, 0.717) is 0 Å². The van der Waals surface area contributed by atoms with Gasteiger partial charge in [-0.1, -0.05) is 115 Å². The lowest BCUT2D eigenvalue weighted by Gasteiger charge is -2.35. The fourth-order valence-electron chi connectivity index (χ4n) is 4.34. The maximum Gasteiger partial charge on any atom is 0.116 e. The molecule has 1 atom stereocenters. The zero-order valence-electron chi connectivity index (χ0n) is 15.9. The second kappa shape index (κ2) is 7.94. The summed E-state index contributed by atoms with van der Waals surface area (Å²) < 4.78 is 0. The fourth-order valence-corrected chi connectivity index (χ4v) is 8.56. The fraction of sp³-hybridized carbons (Fsp3) is 0.154. The molecular formula is C26H26Si. The first kappa shape index (κ1) is 17.8. The molecule has 0 radical (unpaired) electrons. The van der Waals surface area contributed by atoms with Gasteiger partial charge < -0.3 is 0 Å². The van der Waals surface area contributed by atoms with Crippen LogP contribution in [-0.4, -0.2) is 8.07 Å². The molecule has 1 heterocycles. The van der Waals surface area contributed by atoms with Gasteiger partial charge >= 0.3 is 0 Å². The van der Waals surface area contributed by atoms with Gasteiger partial charge in [0.05, 0.1) is 0 Å². The first-order valence-corrected chi connectivity index (χ1v) is 12.5. The second-order valence-corrected chi connectivity index (χ2v) is 11.7. The molecule has 0 saturated carbocycles. The summed E-state index contributed by atoms with van der Waals surface area (Å²) in [4.78, 5) is 0. The van der Waals surface area contributed by atoms with Crippen LogP contribution in [0.5, 0.6) is 0 Å². The summed E-state index contributed by atoms with van der Waals surface area (Å²) in [6, 6.07) is 34.5. The van der Waals surface area contributed by atoms with Crippen molar-refractivity contribution < 1.29 is 0 Å². The molecule has 134 valence electrons. The molecule has 0 aromatic heterocycles. The van der Waals surface area contributed by atoms with E-state index >= 15 is 0 Å². The Morgan fingerprint density at radius 3 is 1.81 bits per heavy atom. The van der Waals surface area contributed by atoms with Crippen LogP contribution in [0.2, 0.25) is 12.6 Å². The molecule has 1 unspecified atom stereocenters. The van der Waals surface area contributed by atoms with Crippen LogP contribution in [0.4, 0.5) is 0 Å². The minimum Gasteiger partial charge on any atom is -0.0885 e. The molecule has 0 N–H and O–H groups in total. The number of rotatable bonds is 3. The molecule has 27 heavy (non-hydrogen) atoms. The lowest BCUT2D eigenvalue weighted by Crippen LogP contribution is -2.46. The third-order valence-corrected chi connectivity index (χ3v) is 10.3. The van der Waals surface area contributed by atoms with E-state index in [-0.39, 0.29) is 0 Å². The predicted molar refractivity (Wildman–Crippen MR) is 121 cm³/mol. The van der Waals surface area contributed by atoms with E-state index in [4.69, 9.17) is 0 Å². The summed E-state index contributed by atoms with van der Waals surface area (Å²) in [5, 5.41) is 3.14. The minimum absolute atomic E-state index is 1.00. The first-order valence-electron chi connectivity index (χ1n) is 9.84. The number of allylic oxidation sites excluding steroid dienone is 3. The van der Waals surface area contributed by atoms with E-state index in [1.807, 2.05) is 0 Å². The summed E-state index contributed by atoms with van der Waals surface area (Å²) in [5.41, 5.74) is 4.25. The molecule has 1 aliphatic heterocycles. The van der Waals surface area contributed by atoms with Crippen molar-refractivity contribution in [1.29, 1.82) is 0 Å². The van der Waals surface area contributed by atoms with Gasteiger partial charge in [0.1, 0.15) is 8.07 Å². The van der Waals surface area contributed by atoms with Crippen LogP contribution in [0.25, 0.3) is 10.8 Å². The molecule has 1 heteroatoms. The number of benzene rings is 3. The van der Waals surface area contributed by atoms with Crippen LogP contribution in [0.1, 0.15) is 24.0 Å². The van der Waals surface area contributed by atoms with Gasteiger partial charge in [-0.05, 0) is 40.8 Å². The Bertz CT molecular complexity index is 939. The van der Waals surface area contributed by atoms with Gasteiger partial charge in [0.15, 0.2) is 0 Å². The Kier molecular flexibility index (Phi) is 5.22. The molecule has 4 rings (SSSR count). The van der Waals surface area contributed by atoms with Gasteiger partial charge in [0.25, 0.3) is 0 Å². The van der Waals surface area contributed by atoms with Crippen molar-refractivity contribution in [3.05, 3.63) is 114 Å². The Labute approximate surface area is 163 Å². The van der Waals surface area contributed by atoms with Gasteiger partial charge in [-0.3, -0.25) is 0 Å². The minimum atomic E-state index is -1.88. The summed E-state index contributed by atoms with van der Waals surface area (Å²) >= 11 is 0. The van der Waals surface area contributed by atoms with E-state index in [2.05, 4.69) is 110 Å². The quantitative estimate of drug-likeness (QED) is 0.368. The molecule has 0 aliphatic carbocycles. The Hall–Kier alpha value is -2.64. The third kappa shape index (κ3) is 3.61. The van der Waals surface area contributed by atoms with Crippen LogP contribution in [-0.2, 0) is 0 Å². The molecule has 0 fully saturated rings. The number of hydrogen-bond acceptors (Lipinski definition) is 0. The largest absolute Gasteiger partial charge is 0.116 e. The molecule has 0 nitrogen and oxygen atoms in total. The van der Waals surface area contributed by atoms with Crippen molar-refractivity contribution in [2.24, 2.45) is 0 Å². The average molecular weight is 367 g/mol. The highest BCUT2D eigenvalue weighted by molar-refractivity contribution is 7.06. The molecule has 0 spiro atoms. The Balaban J connectivity index is 2.03. The first-order chi connectivity index (χ1) is 13.3. The SMILES string of the molecule is C[Si]1(c2ccccc2)CC/C=C\C/C(c2ccccc2)=C\1c1ccccc1. The van der Waals surface area contributed by atoms with Crippen LogP contribution >= 0.6 is 0 Å². The summed E-state index contributed by atoms with van der Waals surface area (Å²) in [5.74, 6) is 0. The van der Waals surface area contributed by atoms with Crippen molar-refractivity contribution in [2.45, 2.75) is 25.4 Å². The van der Waals surface area contributed by atoms with E-state index in [0.717, 1.165) is 12.8 Å². The second-order valence-electron chi connectivity index (χ2n) is 7.50. The molecule has 0 bridgehead atoms. The van der Waals surface area contributed by atoms with Crippen LogP contribution < -0.4 is 5.19 Å². The van der Waals surface area contributed by atoms with Gasteiger partial charge in [-0.15, -0.1) is 0 Å². The topological polar surface area (TPSA) is 0 Å². The lowest BCUT2D eigenvalue weighted by molar-refractivity contribution is 1.15. The predicted octanol–water partition coefficient (Wildman–Crippen LogP) is 6.47. The zero-order valence-corrected chi connectivity index (χ0v) is 16.9. The average Bonchev–Trinajstić information content (AvgIpc) is 2.73. The smallest absolute Gasteiger partial charge is 0.0885 e. The van der Waals surface area contributed by atoms with Gasteiger partial charge in [-0.25, -0.2) is 0 Å². The highest BCUT2D eigenvalue weighted by Gasteiger charge is 2.36.